The van der Waals surface area contributed by atoms with Crippen LogP contribution in [0.4, 0.5) is 4.79 Å². The molecule has 0 spiro atoms. The Morgan fingerprint density at radius 1 is 1.20 bits per heavy atom. The molecule has 0 radical (unpaired) electrons. The summed E-state index contributed by atoms with van der Waals surface area (Å²) in [6, 6.07) is 7.74. The van der Waals surface area contributed by atoms with E-state index in [0.717, 1.165) is 5.56 Å². The van der Waals surface area contributed by atoms with Gasteiger partial charge in [-0.3, -0.25) is 14.2 Å². The molecule has 0 saturated heterocycles. The van der Waals surface area contributed by atoms with Crippen LogP contribution < -0.4 is 15.7 Å². The number of rotatable bonds is 9. The Morgan fingerprint density at radius 3 is 2.44 bits per heavy atom. The maximum atomic E-state index is 11.9. The van der Waals surface area contributed by atoms with Gasteiger partial charge in [-0.25, -0.2) is 9.88 Å². The molecule has 1 aromatic rings. The molecule has 11 heteroatoms. The fourth-order valence-corrected chi connectivity index (χ4v) is 2.83. The first-order valence-electron chi connectivity index (χ1n) is 7.23. The van der Waals surface area contributed by atoms with Crippen molar-refractivity contribution >= 4 is 25.5 Å². The highest BCUT2D eigenvalue weighted by atomic mass is 31.2. The van der Waals surface area contributed by atoms with Crippen LogP contribution in [0, 0.1) is 0 Å². The lowest BCUT2D eigenvalue weighted by Crippen LogP contribution is -2.43. The summed E-state index contributed by atoms with van der Waals surface area (Å²) in [5.41, 5.74) is 0.756. The molecule has 138 valence electrons. The van der Waals surface area contributed by atoms with Crippen molar-refractivity contribution in [3.63, 3.8) is 0 Å². The van der Waals surface area contributed by atoms with Crippen LogP contribution in [-0.2, 0) is 25.5 Å². The van der Waals surface area contributed by atoms with Gasteiger partial charge in [-0.15, -0.1) is 0 Å². The molecule has 25 heavy (non-hydrogen) atoms. The number of ether oxygens (including phenoxy) is 1. The van der Waals surface area contributed by atoms with Gasteiger partial charge in [0.1, 0.15) is 19.4 Å². The van der Waals surface area contributed by atoms with E-state index in [1.54, 1.807) is 24.3 Å². The van der Waals surface area contributed by atoms with Crippen molar-refractivity contribution in [3.05, 3.63) is 35.9 Å². The molecule has 0 bridgehead atoms. The lowest BCUT2D eigenvalue weighted by Gasteiger charge is -2.18. The third-order valence-corrected chi connectivity index (χ3v) is 4.23. The van der Waals surface area contributed by atoms with E-state index >= 15 is 0 Å². The lowest BCUT2D eigenvalue weighted by atomic mass is 10.2. The minimum Gasteiger partial charge on any atom is -0.480 e. The first-order valence-corrected chi connectivity index (χ1v) is 9.08. The van der Waals surface area contributed by atoms with E-state index in [9.17, 15) is 23.8 Å². The fraction of sp³-hybridized carbons (Fsp3) is 0.357. The van der Waals surface area contributed by atoms with Crippen molar-refractivity contribution in [2.75, 3.05) is 12.8 Å². The van der Waals surface area contributed by atoms with E-state index in [4.69, 9.17) is 9.84 Å². The van der Waals surface area contributed by atoms with E-state index in [1.807, 2.05) is 6.07 Å². The highest BCUT2D eigenvalue weighted by Crippen LogP contribution is 2.34. The number of carboxylic acids is 1. The quantitative estimate of drug-likeness (QED) is 0.386. The first kappa shape index (κ1) is 20.6. The van der Waals surface area contributed by atoms with Gasteiger partial charge in [0.25, 0.3) is 7.52 Å². The van der Waals surface area contributed by atoms with Crippen molar-refractivity contribution in [2.45, 2.75) is 19.6 Å². The molecule has 0 aliphatic heterocycles. The number of carbonyl (C=O) groups is 3. The zero-order valence-electron chi connectivity index (χ0n) is 13.5. The maximum absolute atomic E-state index is 11.9. The van der Waals surface area contributed by atoms with Crippen LogP contribution in [0.1, 0.15) is 12.5 Å². The zero-order chi connectivity index (χ0) is 18.9. The van der Waals surface area contributed by atoms with Crippen molar-refractivity contribution in [3.8, 4) is 0 Å². The predicted octanol–water partition coefficient (Wildman–Crippen LogP) is 0.235. The van der Waals surface area contributed by atoms with Crippen LogP contribution in [0.2, 0.25) is 0 Å². The number of nitrogens with one attached hydrogen (secondary N) is 3. The van der Waals surface area contributed by atoms with Gasteiger partial charge in [0.15, 0.2) is 0 Å². The Balaban J connectivity index is 2.36. The molecule has 1 unspecified atom stereocenters. The Hall–Kier alpha value is -2.42. The van der Waals surface area contributed by atoms with Gasteiger partial charge in [0.05, 0.1) is 6.04 Å². The summed E-state index contributed by atoms with van der Waals surface area (Å²) in [4.78, 5) is 43.1. The van der Waals surface area contributed by atoms with Crippen molar-refractivity contribution in [2.24, 2.45) is 0 Å². The Kier molecular flexibility index (Phi) is 8.06. The molecular weight excluding hydrogens is 353 g/mol. The second-order valence-corrected chi connectivity index (χ2v) is 7.04. The van der Waals surface area contributed by atoms with E-state index in [-0.39, 0.29) is 6.61 Å². The molecule has 0 aliphatic carbocycles. The van der Waals surface area contributed by atoms with Gasteiger partial charge >= 0.3 is 12.1 Å². The molecule has 0 aromatic heterocycles. The van der Waals surface area contributed by atoms with E-state index < -0.39 is 44.4 Å². The third kappa shape index (κ3) is 8.85. The van der Waals surface area contributed by atoms with E-state index in [0.29, 0.717) is 0 Å². The van der Waals surface area contributed by atoms with Crippen molar-refractivity contribution < 1.29 is 33.7 Å². The van der Waals surface area contributed by atoms with Gasteiger partial charge < -0.3 is 25.4 Å². The predicted molar refractivity (Wildman–Crippen MR) is 87.7 cm³/mol. The minimum absolute atomic E-state index is 0.00380. The number of hydrogen-bond acceptors (Lipinski definition) is 5. The maximum Gasteiger partial charge on any atom is 0.407 e. The number of benzene rings is 1. The molecule has 0 saturated carbocycles. The highest BCUT2D eigenvalue weighted by Gasteiger charge is 2.25. The number of hydrogen-bond donors (Lipinski definition) is 5. The summed E-state index contributed by atoms with van der Waals surface area (Å²) in [6.45, 7) is 0.683. The fourth-order valence-electron chi connectivity index (χ4n) is 1.67. The van der Waals surface area contributed by atoms with Gasteiger partial charge in [0, 0.05) is 0 Å². The molecule has 1 aromatic carbocycles. The van der Waals surface area contributed by atoms with Gasteiger partial charge in [-0.1, -0.05) is 30.3 Å². The largest absolute Gasteiger partial charge is 0.480 e. The average Bonchev–Trinajstić information content (AvgIpc) is 2.56. The molecule has 0 fully saturated rings. The average molecular weight is 373 g/mol. The molecule has 0 aliphatic rings. The molecule has 0 heterocycles. The standard InChI is InChI=1S/C14H20N3O7P/c1-10(13(20)15-7-12(18)19)17-25(22,23)9-16-14(21)24-8-11-5-3-2-4-6-11/h2-6,10H,7-9H2,1H3,(H,15,20)(H,16,21)(H,18,19)(H2,17,22,23)/t10-/m0/s1. The van der Waals surface area contributed by atoms with Gasteiger partial charge in [-0.05, 0) is 12.5 Å². The van der Waals surface area contributed by atoms with Crippen LogP contribution in [0.15, 0.2) is 30.3 Å². The second kappa shape index (κ2) is 9.77. The Labute approximate surface area is 144 Å². The molecule has 1 rings (SSSR count). The SMILES string of the molecule is C[C@H](NP(=O)(O)CNC(=O)OCc1ccccc1)C(=O)NCC(=O)O. The molecule has 10 nitrogen and oxygen atoms in total. The number of alkyl carbamates (subject to hydrolysis) is 1. The summed E-state index contributed by atoms with van der Waals surface area (Å²) < 4.78 is 16.8. The summed E-state index contributed by atoms with van der Waals surface area (Å²) in [7, 11) is -4.07. The topological polar surface area (TPSA) is 154 Å². The molecule has 5 N–H and O–H groups in total. The third-order valence-electron chi connectivity index (χ3n) is 2.85. The van der Waals surface area contributed by atoms with E-state index in [2.05, 4.69) is 15.7 Å². The summed E-state index contributed by atoms with van der Waals surface area (Å²) in [5, 5.41) is 14.8. The highest BCUT2D eigenvalue weighted by molar-refractivity contribution is 7.55. The minimum atomic E-state index is -4.07. The van der Waals surface area contributed by atoms with Crippen LogP contribution in [0.5, 0.6) is 0 Å². The molecule has 2 atom stereocenters. The van der Waals surface area contributed by atoms with E-state index in [1.165, 1.54) is 6.92 Å². The zero-order valence-corrected chi connectivity index (χ0v) is 14.4. The van der Waals surface area contributed by atoms with Crippen LogP contribution in [0.25, 0.3) is 0 Å². The van der Waals surface area contributed by atoms with Gasteiger partial charge in [0.2, 0.25) is 5.91 Å². The van der Waals surface area contributed by atoms with Crippen LogP contribution >= 0.6 is 7.52 Å². The first-order chi connectivity index (χ1) is 11.7. The molecule has 2 amide bonds. The van der Waals surface area contributed by atoms with Crippen molar-refractivity contribution in [1.29, 1.82) is 0 Å². The summed E-state index contributed by atoms with van der Waals surface area (Å²) >= 11 is 0. The van der Waals surface area contributed by atoms with Crippen LogP contribution in [0.3, 0.4) is 0 Å². The van der Waals surface area contributed by atoms with Gasteiger partial charge in [-0.2, -0.15) is 0 Å². The molecular formula is C14H20N3O7P. The smallest absolute Gasteiger partial charge is 0.407 e. The van der Waals surface area contributed by atoms with Crippen LogP contribution in [-0.4, -0.2) is 46.8 Å². The monoisotopic (exact) mass is 373 g/mol. The number of amides is 2. The number of aliphatic carboxylic acids is 1. The normalized spacial score (nSPS) is 14.0. The number of carbonyl (C=O) groups excluding carboxylic acids is 2. The van der Waals surface area contributed by atoms with Crippen molar-refractivity contribution in [1.82, 2.24) is 15.7 Å². The Bertz CT molecular complexity index is 653. The summed E-state index contributed by atoms with van der Waals surface area (Å²) in [5.74, 6) is -2.00. The lowest BCUT2D eigenvalue weighted by molar-refractivity contribution is -0.138. The second-order valence-electron chi connectivity index (χ2n) is 5.06. The summed E-state index contributed by atoms with van der Waals surface area (Å²) in [6.07, 6.45) is -1.54. The number of carboxylic acid groups (broad SMARTS) is 1. The Morgan fingerprint density at radius 2 is 1.84 bits per heavy atom.